The van der Waals surface area contributed by atoms with Gasteiger partial charge in [0.25, 0.3) is 0 Å². The van der Waals surface area contributed by atoms with Gasteiger partial charge in [-0.25, -0.2) is 9.59 Å². The smallest absolute Gasteiger partial charge is 0.331 e. The van der Waals surface area contributed by atoms with Crippen LogP contribution in [0.25, 0.3) is 12.2 Å². The second-order valence-electron chi connectivity index (χ2n) is 5.42. The average molecular weight is 348 g/mol. The van der Waals surface area contributed by atoms with Crippen LogP contribution in [0.3, 0.4) is 0 Å². The summed E-state index contributed by atoms with van der Waals surface area (Å²) in [6.45, 7) is 8.70. The molecule has 2 heterocycles. The molecule has 2 aromatic rings. The van der Waals surface area contributed by atoms with Crippen molar-refractivity contribution >= 4 is 12.2 Å². The van der Waals surface area contributed by atoms with Crippen molar-refractivity contribution in [2.24, 2.45) is 0 Å². The fourth-order valence-corrected chi connectivity index (χ4v) is 2.86. The molecule has 0 saturated carbocycles. The van der Waals surface area contributed by atoms with Crippen LogP contribution in [0.2, 0.25) is 0 Å². The highest BCUT2D eigenvalue weighted by atomic mass is 16.3. The molecule has 0 aliphatic carbocycles. The third-order valence-electron chi connectivity index (χ3n) is 4.18. The fraction of sp³-hybridized carbons (Fsp3) is 0.471. The van der Waals surface area contributed by atoms with Gasteiger partial charge in [0.15, 0.2) is 0 Å². The zero-order valence-corrected chi connectivity index (χ0v) is 15.0. The van der Waals surface area contributed by atoms with Gasteiger partial charge in [-0.2, -0.15) is 0 Å². The van der Waals surface area contributed by atoms with Gasteiger partial charge in [-0.3, -0.25) is 18.3 Å². The Morgan fingerprint density at radius 3 is 1.32 bits per heavy atom. The largest absolute Gasteiger partial charge is 0.493 e. The Morgan fingerprint density at radius 1 is 0.720 bits per heavy atom. The molecule has 2 rings (SSSR count). The molecule has 136 valence electrons. The van der Waals surface area contributed by atoms with E-state index in [1.807, 2.05) is 13.8 Å². The predicted octanol–water partition coefficient (Wildman–Crippen LogP) is 1.43. The summed E-state index contributed by atoms with van der Waals surface area (Å²) in [6, 6.07) is 0. The number of aromatic hydroxyl groups is 2. The van der Waals surface area contributed by atoms with E-state index in [-0.39, 0.29) is 23.1 Å². The number of hydrogen-bond donors (Lipinski definition) is 2. The third-order valence-corrected chi connectivity index (χ3v) is 4.18. The fourth-order valence-electron chi connectivity index (χ4n) is 2.86. The molecule has 8 nitrogen and oxygen atoms in total. The Balaban J connectivity index is 2.59. The first-order valence-electron chi connectivity index (χ1n) is 8.39. The van der Waals surface area contributed by atoms with Gasteiger partial charge in [-0.1, -0.05) is 0 Å². The van der Waals surface area contributed by atoms with Gasteiger partial charge < -0.3 is 10.2 Å². The summed E-state index contributed by atoms with van der Waals surface area (Å²) < 4.78 is 5.40. The van der Waals surface area contributed by atoms with Gasteiger partial charge in [0, 0.05) is 38.3 Å². The Labute approximate surface area is 145 Å². The summed E-state index contributed by atoms with van der Waals surface area (Å²) in [5, 5.41) is 20.4. The normalized spacial score (nSPS) is 10.7. The molecule has 0 aliphatic rings. The number of nitrogens with zero attached hydrogens (tertiary/aromatic N) is 4. The summed E-state index contributed by atoms with van der Waals surface area (Å²) in [7, 11) is 0. The Morgan fingerprint density at radius 2 is 1.04 bits per heavy atom. The standard InChI is InChI=1S/C17H24N4O4/c1-5-18-12(14(22)20(7-3)16(18)24)10-9-11-13-15(23)21(8-4)17(25)19(13)6-2/h10-11,22-23H,5-8H2,1-4H3. The molecule has 8 heteroatoms. The van der Waals surface area contributed by atoms with E-state index in [0.29, 0.717) is 37.6 Å². The van der Waals surface area contributed by atoms with Gasteiger partial charge in [0.05, 0.1) is 0 Å². The van der Waals surface area contributed by atoms with Gasteiger partial charge in [-0.05, 0) is 27.7 Å². The molecule has 0 fully saturated rings. The summed E-state index contributed by atoms with van der Waals surface area (Å²) in [5.41, 5.74) is 2.96. The first-order valence-corrected chi connectivity index (χ1v) is 8.39. The maximum atomic E-state index is 12.2. The van der Waals surface area contributed by atoms with Crippen molar-refractivity contribution in [2.75, 3.05) is 0 Å². The van der Waals surface area contributed by atoms with Gasteiger partial charge >= 0.3 is 11.4 Å². The molecule has 0 aromatic carbocycles. The van der Waals surface area contributed by atoms with Gasteiger partial charge in [-0.15, -0.1) is 5.73 Å². The Hall–Kier alpha value is -2.86. The van der Waals surface area contributed by atoms with Crippen LogP contribution in [0.4, 0.5) is 0 Å². The minimum atomic E-state index is -0.291. The number of imidazole rings is 2. The summed E-state index contributed by atoms with van der Waals surface area (Å²) in [4.78, 5) is 24.3. The van der Waals surface area contributed by atoms with Crippen molar-refractivity contribution in [3.05, 3.63) is 38.1 Å². The quantitative estimate of drug-likeness (QED) is 0.772. The highest BCUT2D eigenvalue weighted by molar-refractivity contribution is 5.59. The molecule has 2 aromatic heterocycles. The number of aromatic nitrogens is 4. The average Bonchev–Trinajstić information content (AvgIpc) is 2.97. The summed E-state index contributed by atoms with van der Waals surface area (Å²) >= 11 is 0. The van der Waals surface area contributed by atoms with Crippen molar-refractivity contribution in [3.8, 4) is 11.8 Å². The highest BCUT2D eigenvalue weighted by Gasteiger charge is 2.16. The molecule has 0 saturated heterocycles. The predicted molar refractivity (Wildman–Crippen MR) is 95.9 cm³/mol. The van der Waals surface area contributed by atoms with E-state index in [1.54, 1.807) is 13.8 Å². The molecule has 25 heavy (non-hydrogen) atoms. The van der Waals surface area contributed by atoms with Gasteiger partial charge in [0.1, 0.15) is 11.4 Å². The Bertz CT molecular complexity index is 875. The van der Waals surface area contributed by atoms with E-state index in [1.165, 1.54) is 30.4 Å². The molecule has 0 aliphatic heterocycles. The lowest BCUT2D eigenvalue weighted by Gasteiger charge is -1.98. The van der Waals surface area contributed by atoms with Crippen molar-refractivity contribution in [1.29, 1.82) is 0 Å². The summed E-state index contributed by atoms with van der Waals surface area (Å²) in [5.74, 6) is -0.253. The molecule has 0 bridgehead atoms. The van der Waals surface area contributed by atoms with E-state index < -0.39 is 0 Å². The molecule has 0 radical (unpaired) electrons. The SMILES string of the molecule is CCn1c(O)c(C=C=Cc2c(O)n(CC)c(=O)n2CC)n(CC)c1=O. The van der Waals surface area contributed by atoms with E-state index in [4.69, 9.17) is 0 Å². The van der Waals surface area contributed by atoms with E-state index in [9.17, 15) is 19.8 Å². The minimum Gasteiger partial charge on any atom is -0.493 e. The lowest BCUT2D eigenvalue weighted by atomic mass is 10.3. The van der Waals surface area contributed by atoms with Crippen molar-refractivity contribution in [1.82, 2.24) is 18.3 Å². The molecule has 0 unspecified atom stereocenters. The van der Waals surface area contributed by atoms with Crippen molar-refractivity contribution < 1.29 is 10.2 Å². The molecular weight excluding hydrogens is 324 g/mol. The summed E-state index contributed by atoms with van der Waals surface area (Å²) in [6.07, 6.45) is 2.94. The Kier molecular flexibility index (Phi) is 5.44. The van der Waals surface area contributed by atoms with Gasteiger partial charge in [0.2, 0.25) is 11.8 Å². The zero-order valence-electron chi connectivity index (χ0n) is 15.0. The van der Waals surface area contributed by atoms with Crippen molar-refractivity contribution in [2.45, 2.75) is 53.9 Å². The number of hydrogen-bond acceptors (Lipinski definition) is 4. The second-order valence-corrected chi connectivity index (χ2v) is 5.42. The van der Waals surface area contributed by atoms with Crippen LogP contribution in [-0.4, -0.2) is 28.5 Å². The molecular formula is C17H24N4O4. The van der Waals surface area contributed by atoms with Crippen LogP contribution in [0.1, 0.15) is 39.1 Å². The molecule has 0 atom stereocenters. The zero-order chi connectivity index (χ0) is 18.7. The molecule has 0 spiro atoms. The van der Waals surface area contributed by atoms with Crippen LogP contribution in [0.5, 0.6) is 11.8 Å². The van der Waals surface area contributed by atoms with E-state index in [2.05, 4.69) is 5.73 Å². The molecule has 2 N–H and O–H groups in total. The van der Waals surface area contributed by atoms with Crippen LogP contribution >= 0.6 is 0 Å². The maximum Gasteiger partial charge on any atom is 0.331 e. The maximum absolute atomic E-state index is 12.2. The topological polar surface area (TPSA) is 94.3 Å². The van der Waals surface area contributed by atoms with Crippen LogP contribution in [-0.2, 0) is 26.2 Å². The first-order chi connectivity index (χ1) is 11.9. The molecule has 0 amide bonds. The van der Waals surface area contributed by atoms with E-state index >= 15 is 0 Å². The number of rotatable bonds is 6. The minimum absolute atomic E-state index is 0.126. The van der Waals surface area contributed by atoms with E-state index in [0.717, 1.165) is 0 Å². The van der Waals surface area contributed by atoms with Crippen LogP contribution in [0, 0.1) is 0 Å². The first kappa shape index (κ1) is 18.5. The van der Waals surface area contributed by atoms with Crippen LogP contribution < -0.4 is 11.4 Å². The lowest BCUT2D eigenvalue weighted by molar-refractivity contribution is 0.417. The lowest BCUT2D eigenvalue weighted by Crippen LogP contribution is -2.23. The second kappa shape index (κ2) is 7.36. The monoisotopic (exact) mass is 348 g/mol. The van der Waals surface area contributed by atoms with Crippen molar-refractivity contribution in [3.63, 3.8) is 0 Å². The third kappa shape index (κ3) is 2.96. The highest BCUT2D eigenvalue weighted by Crippen LogP contribution is 2.19. The van der Waals surface area contributed by atoms with Crippen LogP contribution in [0.15, 0.2) is 15.3 Å².